The Balaban J connectivity index is 1.48. The van der Waals surface area contributed by atoms with E-state index in [0.29, 0.717) is 11.5 Å². The predicted molar refractivity (Wildman–Crippen MR) is 112 cm³/mol. The molecule has 4 rings (SSSR count). The van der Waals surface area contributed by atoms with Crippen molar-refractivity contribution in [2.24, 2.45) is 5.92 Å². The Bertz CT molecular complexity index is 1020. The average Bonchev–Trinajstić information content (AvgIpc) is 3.23. The number of ether oxygens (including phenoxy) is 2. The molecule has 2 aromatic heterocycles. The van der Waals surface area contributed by atoms with Crippen LogP contribution in [0.15, 0.2) is 36.7 Å². The molecule has 1 amide bonds. The first-order chi connectivity index (χ1) is 14.6. The van der Waals surface area contributed by atoms with Gasteiger partial charge in [-0.2, -0.15) is 0 Å². The Morgan fingerprint density at radius 2 is 2.03 bits per heavy atom. The zero-order valence-corrected chi connectivity index (χ0v) is 17.5. The van der Waals surface area contributed by atoms with Gasteiger partial charge in [-0.05, 0) is 50.5 Å². The number of methoxy groups -OCH3 is 2. The number of rotatable bonds is 6. The molecule has 1 N–H and O–H groups in total. The van der Waals surface area contributed by atoms with E-state index in [2.05, 4.69) is 20.4 Å². The third-order valence-electron chi connectivity index (χ3n) is 5.71. The van der Waals surface area contributed by atoms with Gasteiger partial charge in [-0.25, -0.2) is 14.5 Å². The molecule has 3 aromatic rings. The van der Waals surface area contributed by atoms with Gasteiger partial charge in [0.1, 0.15) is 12.1 Å². The monoisotopic (exact) mass is 409 g/mol. The van der Waals surface area contributed by atoms with Gasteiger partial charge in [-0.1, -0.05) is 6.42 Å². The fourth-order valence-corrected chi connectivity index (χ4v) is 3.91. The Morgan fingerprint density at radius 3 is 2.77 bits per heavy atom. The molecule has 0 aliphatic heterocycles. The van der Waals surface area contributed by atoms with Gasteiger partial charge in [-0.15, -0.1) is 5.10 Å². The van der Waals surface area contributed by atoms with E-state index in [1.165, 1.54) is 0 Å². The van der Waals surface area contributed by atoms with E-state index >= 15 is 0 Å². The Morgan fingerprint density at radius 1 is 1.23 bits per heavy atom. The summed E-state index contributed by atoms with van der Waals surface area (Å²) in [5.41, 5.74) is 2.45. The summed E-state index contributed by atoms with van der Waals surface area (Å²) in [6, 6.07) is 9.30. The molecule has 0 unspecified atom stereocenters. The predicted octanol–water partition coefficient (Wildman–Crippen LogP) is 3.18. The molecular formula is C22H27N5O3. The highest BCUT2D eigenvalue weighted by molar-refractivity contribution is 5.79. The van der Waals surface area contributed by atoms with Crippen LogP contribution in [-0.4, -0.2) is 45.8 Å². The number of hydrogen-bond acceptors (Lipinski definition) is 6. The van der Waals surface area contributed by atoms with Crippen molar-refractivity contribution < 1.29 is 14.3 Å². The minimum Gasteiger partial charge on any atom is -0.497 e. The number of carbonyl (C=O) groups is 1. The molecule has 1 aliphatic rings. The van der Waals surface area contributed by atoms with E-state index < -0.39 is 0 Å². The molecule has 8 nitrogen and oxygen atoms in total. The lowest BCUT2D eigenvalue weighted by molar-refractivity contribution is -0.128. The number of hydrogen-bond donors (Lipinski definition) is 1. The van der Waals surface area contributed by atoms with Crippen molar-refractivity contribution in [2.75, 3.05) is 14.2 Å². The number of fused-ring (bicyclic) bond motifs is 1. The highest BCUT2D eigenvalue weighted by Gasteiger charge is 2.28. The summed E-state index contributed by atoms with van der Waals surface area (Å²) < 4.78 is 12.3. The fourth-order valence-electron chi connectivity index (χ4n) is 3.91. The van der Waals surface area contributed by atoms with Gasteiger partial charge in [0.05, 0.1) is 24.9 Å². The summed E-state index contributed by atoms with van der Waals surface area (Å²) >= 11 is 0. The molecule has 0 bridgehead atoms. The second kappa shape index (κ2) is 8.79. The lowest BCUT2D eigenvalue weighted by Gasteiger charge is -2.28. The highest BCUT2D eigenvalue weighted by Crippen LogP contribution is 2.27. The van der Waals surface area contributed by atoms with E-state index in [4.69, 9.17) is 9.47 Å². The van der Waals surface area contributed by atoms with E-state index in [1.54, 1.807) is 25.1 Å². The molecule has 0 saturated heterocycles. The first-order valence-corrected chi connectivity index (χ1v) is 10.3. The molecule has 0 radical (unpaired) electrons. The van der Waals surface area contributed by atoms with Crippen LogP contribution in [0.5, 0.6) is 5.75 Å². The number of nitrogens with one attached hydrogen (secondary N) is 1. The molecule has 1 saturated carbocycles. The van der Waals surface area contributed by atoms with E-state index in [-0.39, 0.29) is 24.0 Å². The SMILES string of the molecule is COc1ccc(-c2cc3nc([C@H](C)NC(=O)[C@H]4CCC[C@H](OC)C4)nn3cn2)cc1. The van der Waals surface area contributed by atoms with Crippen molar-refractivity contribution in [3.63, 3.8) is 0 Å². The second-order valence-electron chi connectivity index (χ2n) is 7.73. The molecular weight excluding hydrogens is 382 g/mol. The summed E-state index contributed by atoms with van der Waals surface area (Å²) in [6.45, 7) is 1.90. The van der Waals surface area contributed by atoms with E-state index in [1.807, 2.05) is 37.3 Å². The Kier molecular flexibility index (Phi) is 5.94. The topological polar surface area (TPSA) is 90.6 Å². The Labute approximate surface area is 175 Å². The molecule has 8 heteroatoms. The van der Waals surface area contributed by atoms with E-state index in [9.17, 15) is 4.79 Å². The quantitative estimate of drug-likeness (QED) is 0.672. The summed E-state index contributed by atoms with van der Waals surface area (Å²) in [6.07, 6.45) is 5.50. The normalized spacial score (nSPS) is 20.1. The lowest BCUT2D eigenvalue weighted by atomic mass is 9.86. The van der Waals surface area contributed by atoms with Crippen molar-refractivity contribution in [1.82, 2.24) is 24.9 Å². The maximum atomic E-state index is 12.7. The summed E-state index contributed by atoms with van der Waals surface area (Å²) in [5, 5.41) is 7.55. The van der Waals surface area contributed by atoms with Crippen LogP contribution in [0.2, 0.25) is 0 Å². The molecule has 0 spiro atoms. The fraction of sp³-hybridized carbons (Fsp3) is 0.455. The molecule has 158 valence electrons. The molecule has 1 fully saturated rings. The van der Waals surface area contributed by atoms with Crippen molar-refractivity contribution >= 4 is 11.6 Å². The largest absolute Gasteiger partial charge is 0.497 e. The van der Waals surface area contributed by atoms with E-state index in [0.717, 1.165) is 42.7 Å². The third-order valence-corrected chi connectivity index (χ3v) is 5.71. The maximum absolute atomic E-state index is 12.7. The zero-order valence-electron chi connectivity index (χ0n) is 17.5. The first kappa shape index (κ1) is 20.3. The maximum Gasteiger partial charge on any atom is 0.223 e. The van der Waals surface area contributed by atoms with Crippen LogP contribution in [-0.2, 0) is 9.53 Å². The standard InChI is InChI=1S/C22H27N5O3/c1-14(24-22(28)16-5-4-6-18(11-16)30-3)21-25-20-12-19(23-13-27(20)26-21)15-7-9-17(29-2)10-8-15/h7-10,12-14,16,18H,4-6,11H2,1-3H3,(H,24,28)/t14-,16-,18-/m0/s1. The third kappa shape index (κ3) is 4.28. The zero-order chi connectivity index (χ0) is 21.1. The minimum atomic E-state index is -0.287. The summed E-state index contributed by atoms with van der Waals surface area (Å²) in [4.78, 5) is 21.8. The average molecular weight is 409 g/mol. The van der Waals surface area contributed by atoms with Crippen LogP contribution in [0.3, 0.4) is 0 Å². The summed E-state index contributed by atoms with van der Waals surface area (Å²) in [7, 11) is 3.35. The van der Waals surface area contributed by atoms with Crippen LogP contribution in [0.25, 0.3) is 16.9 Å². The molecule has 1 aromatic carbocycles. The number of nitrogens with zero attached hydrogens (tertiary/aromatic N) is 4. The van der Waals surface area contributed by atoms with Crippen molar-refractivity contribution in [2.45, 2.75) is 44.8 Å². The van der Waals surface area contributed by atoms with Crippen LogP contribution in [0.1, 0.15) is 44.5 Å². The van der Waals surface area contributed by atoms with Gasteiger partial charge < -0.3 is 14.8 Å². The van der Waals surface area contributed by atoms with Gasteiger partial charge in [0, 0.05) is 24.7 Å². The van der Waals surface area contributed by atoms with Gasteiger partial charge in [-0.3, -0.25) is 4.79 Å². The van der Waals surface area contributed by atoms with Gasteiger partial charge in [0.2, 0.25) is 5.91 Å². The van der Waals surface area contributed by atoms with Gasteiger partial charge >= 0.3 is 0 Å². The van der Waals surface area contributed by atoms with Gasteiger partial charge in [0.25, 0.3) is 0 Å². The summed E-state index contributed by atoms with van der Waals surface area (Å²) in [5.74, 6) is 1.38. The molecule has 3 atom stereocenters. The van der Waals surface area contributed by atoms with Crippen LogP contribution in [0.4, 0.5) is 0 Å². The van der Waals surface area contributed by atoms with Crippen molar-refractivity contribution in [3.8, 4) is 17.0 Å². The number of carbonyl (C=O) groups excluding carboxylic acids is 1. The van der Waals surface area contributed by atoms with Crippen molar-refractivity contribution in [1.29, 1.82) is 0 Å². The number of amides is 1. The second-order valence-corrected chi connectivity index (χ2v) is 7.73. The molecule has 1 aliphatic carbocycles. The highest BCUT2D eigenvalue weighted by atomic mass is 16.5. The molecule has 2 heterocycles. The minimum absolute atomic E-state index is 0.0217. The smallest absolute Gasteiger partial charge is 0.223 e. The van der Waals surface area contributed by atoms with Crippen molar-refractivity contribution in [3.05, 3.63) is 42.5 Å². The van der Waals surface area contributed by atoms with Crippen LogP contribution >= 0.6 is 0 Å². The van der Waals surface area contributed by atoms with Crippen LogP contribution in [0, 0.1) is 5.92 Å². The molecule has 30 heavy (non-hydrogen) atoms. The Hall–Kier alpha value is -3.00. The van der Waals surface area contributed by atoms with Gasteiger partial charge in [0.15, 0.2) is 11.5 Å². The number of benzene rings is 1. The first-order valence-electron chi connectivity index (χ1n) is 10.3. The number of aromatic nitrogens is 4. The lowest BCUT2D eigenvalue weighted by Crippen LogP contribution is -2.37. The van der Waals surface area contributed by atoms with Crippen LogP contribution < -0.4 is 10.1 Å².